The Bertz CT molecular complexity index is 780. The number of carbonyl (C=O) groups is 1. The quantitative estimate of drug-likeness (QED) is 0.828. The Morgan fingerprint density at radius 2 is 2.25 bits per heavy atom. The van der Waals surface area contributed by atoms with Crippen LogP contribution < -0.4 is 15.0 Å². The highest BCUT2D eigenvalue weighted by Crippen LogP contribution is 2.24. The van der Waals surface area contributed by atoms with E-state index in [1.165, 1.54) is 0 Å². The van der Waals surface area contributed by atoms with Crippen LogP contribution in [0.1, 0.15) is 25.7 Å². The first-order valence-corrected chi connectivity index (χ1v) is 9.94. The average molecular weight is 382 g/mol. The fourth-order valence-electron chi connectivity index (χ4n) is 3.73. The number of benzene rings is 1. The zero-order valence-corrected chi connectivity index (χ0v) is 15.9. The van der Waals surface area contributed by atoms with E-state index >= 15 is 0 Å². The number of ether oxygens (including phenoxy) is 2. The fourth-order valence-corrected chi connectivity index (χ4v) is 3.73. The van der Waals surface area contributed by atoms with E-state index in [1.807, 2.05) is 24.3 Å². The second-order valence-electron chi connectivity index (χ2n) is 7.31. The van der Waals surface area contributed by atoms with Crippen LogP contribution in [0.3, 0.4) is 0 Å². The van der Waals surface area contributed by atoms with Crippen molar-refractivity contribution in [2.45, 2.75) is 31.8 Å². The third-order valence-corrected chi connectivity index (χ3v) is 5.23. The van der Waals surface area contributed by atoms with Crippen molar-refractivity contribution in [2.24, 2.45) is 5.92 Å². The molecule has 2 saturated heterocycles. The van der Waals surface area contributed by atoms with E-state index in [0.717, 1.165) is 56.1 Å². The van der Waals surface area contributed by atoms with Gasteiger partial charge in [-0.05, 0) is 37.8 Å². The lowest BCUT2D eigenvalue weighted by Crippen LogP contribution is -2.41. The van der Waals surface area contributed by atoms with E-state index in [0.29, 0.717) is 13.2 Å². The number of carbonyl (C=O) groups excluding carboxylic acids is 1. The van der Waals surface area contributed by atoms with Crippen LogP contribution in [-0.2, 0) is 9.53 Å². The number of anilines is 2. The van der Waals surface area contributed by atoms with Crippen molar-refractivity contribution in [1.29, 1.82) is 0 Å². The van der Waals surface area contributed by atoms with Crippen LogP contribution in [-0.4, -0.2) is 48.3 Å². The van der Waals surface area contributed by atoms with E-state index in [4.69, 9.17) is 9.47 Å². The standard InChI is InChI=1S/C21H26N4O3/c26-21(16-4-2-10-25(14-16)20-13-22-8-9-23-20)24-17-5-1-6-18(12-17)28-15-19-7-3-11-27-19/h1,5-6,8-9,12-13,16,19H,2-4,7,10-11,14-15H2,(H,24,26)/t16-,19+/m0/s1. The summed E-state index contributed by atoms with van der Waals surface area (Å²) in [6, 6.07) is 7.56. The normalized spacial score (nSPS) is 22.1. The molecule has 0 aliphatic carbocycles. The topological polar surface area (TPSA) is 76.6 Å². The van der Waals surface area contributed by atoms with Gasteiger partial charge < -0.3 is 19.7 Å². The number of aromatic nitrogens is 2. The summed E-state index contributed by atoms with van der Waals surface area (Å²) in [6.07, 6.45) is 9.23. The van der Waals surface area contributed by atoms with E-state index in [2.05, 4.69) is 20.2 Å². The van der Waals surface area contributed by atoms with Crippen molar-refractivity contribution in [3.05, 3.63) is 42.9 Å². The van der Waals surface area contributed by atoms with Gasteiger partial charge in [0.15, 0.2) is 0 Å². The van der Waals surface area contributed by atoms with Crippen molar-refractivity contribution >= 4 is 17.4 Å². The zero-order valence-electron chi connectivity index (χ0n) is 15.9. The van der Waals surface area contributed by atoms with Gasteiger partial charge in [-0.25, -0.2) is 4.98 Å². The zero-order chi connectivity index (χ0) is 19.2. The Morgan fingerprint density at radius 3 is 3.07 bits per heavy atom. The highest BCUT2D eigenvalue weighted by molar-refractivity contribution is 5.93. The molecule has 0 saturated carbocycles. The summed E-state index contributed by atoms with van der Waals surface area (Å²) in [7, 11) is 0. The third kappa shape index (κ3) is 4.78. The summed E-state index contributed by atoms with van der Waals surface area (Å²) in [5.41, 5.74) is 0.756. The molecule has 0 unspecified atom stereocenters. The summed E-state index contributed by atoms with van der Waals surface area (Å²) >= 11 is 0. The lowest BCUT2D eigenvalue weighted by atomic mass is 9.97. The van der Waals surface area contributed by atoms with Gasteiger partial charge in [0.2, 0.25) is 5.91 Å². The molecule has 2 fully saturated rings. The highest BCUT2D eigenvalue weighted by atomic mass is 16.5. The van der Waals surface area contributed by atoms with Crippen molar-refractivity contribution in [1.82, 2.24) is 9.97 Å². The monoisotopic (exact) mass is 382 g/mol. The number of nitrogens with zero attached hydrogens (tertiary/aromatic N) is 3. The van der Waals surface area contributed by atoms with E-state index in [-0.39, 0.29) is 17.9 Å². The predicted molar refractivity (Wildman–Crippen MR) is 107 cm³/mol. The van der Waals surface area contributed by atoms with Crippen LogP contribution in [0, 0.1) is 5.92 Å². The molecule has 1 amide bonds. The van der Waals surface area contributed by atoms with Gasteiger partial charge in [0.05, 0.1) is 18.2 Å². The molecule has 2 aliphatic heterocycles. The average Bonchev–Trinajstić information content (AvgIpc) is 3.27. The van der Waals surface area contributed by atoms with Crippen LogP contribution >= 0.6 is 0 Å². The summed E-state index contributed by atoms with van der Waals surface area (Å²) in [4.78, 5) is 23.4. The SMILES string of the molecule is O=C(Nc1cccc(OC[C@H]2CCCO2)c1)[C@H]1CCCN(c2cnccn2)C1. The van der Waals surface area contributed by atoms with E-state index < -0.39 is 0 Å². The van der Waals surface area contributed by atoms with E-state index in [1.54, 1.807) is 18.6 Å². The van der Waals surface area contributed by atoms with Gasteiger partial charge in [-0.3, -0.25) is 9.78 Å². The maximum absolute atomic E-state index is 12.8. The lowest BCUT2D eigenvalue weighted by molar-refractivity contribution is -0.120. The minimum Gasteiger partial charge on any atom is -0.491 e. The second-order valence-corrected chi connectivity index (χ2v) is 7.31. The molecule has 28 heavy (non-hydrogen) atoms. The minimum atomic E-state index is -0.0766. The molecule has 7 heteroatoms. The smallest absolute Gasteiger partial charge is 0.229 e. The highest BCUT2D eigenvalue weighted by Gasteiger charge is 2.26. The molecular weight excluding hydrogens is 356 g/mol. The van der Waals surface area contributed by atoms with Gasteiger partial charge in [-0.1, -0.05) is 6.07 Å². The Labute approximate surface area is 165 Å². The summed E-state index contributed by atoms with van der Waals surface area (Å²) in [5.74, 6) is 1.53. The molecule has 2 aliphatic rings. The van der Waals surface area contributed by atoms with Gasteiger partial charge in [-0.15, -0.1) is 0 Å². The lowest BCUT2D eigenvalue weighted by Gasteiger charge is -2.32. The van der Waals surface area contributed by atoms with Crippen LogP contribution in [0.4, 0.5) is 11.5 Å². The number of piperidine rings is 1. The third-order valence-electron chi connectivity index (χ3n) is 5.23. The molecule has 7 nitrogen and oxygen atoms in total. The summed E-state index contributed by atoms with van der Waals surface area (Å²) < 4.78 is 11.4. The van der Waals surface area contributed by atoms with Crippen molar-refractivity contribution in [3.63, 3.8) is 0 Å². The minimum absolute atomic E-state index is 0.0323. The molecule has 1 aromatic heterocycles. The maximum atomic E-state index is 12.8. The first-order chi connectivity index (χ1) is 13.8. The fraction of sp³-hybridized carbons (Fsp3) is 0.476. The van der Waals surface area contributed by atoms with Gasteiger partial charge in [0.25, 0.3) is 0 Å². The van der Waals surface area contributed by atoms with E-state index in [9.17, 15) is 4.79 Å². The number of amides is 1. The molecule has 4 rings (SSSR count). The van der Waals surface area contributed by atoms with Gasteiger partial charge in [0.1, 0.15) is 18.2 Å². The van der Waals surface area contributed by atoms with Gasteiger partial charge >= 0.3 is 0 Å². The Hall–Kier alpha value is -2.67. The molecule has 0 spiro atoms. The van der Waals surface area contributed by atoms with Crippen molar-refractivity contribution in [2.75, 3.05) is 36.5 Å². The molecule has 3 heterocycles. The predicted octanol–water partition coefficient (Wildman–Crippen LogP) is 2.89. The summed E-state index contributed by atoms with van der Waals surface area (Å²) in [6.45, 7) is 2.92. The Morgan fingerprint density at radius 1 is 1.29 bits per heavy atom. The Balaban J connectivity index is 1.33. The number of hydrogen-bond acceptors (Lipinski definition) is 6. The van der Waals surface area contributed by atoms with Crippen LogP contribution in [0.15, 0.2) is 42.9 Å². The van der Waals surface area contributed by atoms with Gasteiger partial charge in [-0.2, -0.15) is 0 Å². The molecule has 2 atom stereocenters. The number of rotatable bonds is 6. The summed E-state index contributed by atoms with van der Waals surface area (Å²) in [5, 5.41) is 3.04. The molecular formula is C21H26N4O3. The molecule has 0 radical (unpaired) electrons. The Kier molecular flexibility index (Phi) is 6.01. The first kappa shape index (κ1) is 18.7. The van der Waals surface area contributed by atoms with Gasteiger partial charge in [0, 0.05) is 43.8 Å². The van der Waals surface area contributed by atoms with Crippen LogP contribution in [0.5, 0.6) is 5.75 Å². The molecule has 1 aromatic carbocycles. The number of hydrogen-bond donors (Lipinski definition) is 1. The molecule has 0 bridgehead atoms. The first-order valence-electron chi connectivity index (χ1n) is 9.94. The maximum Gasteiger partial charge on any atom is 0.229 e. The molecule has 1 N–H and O–H groups in total. The van der Waals surface area contributed by atoms with Crippen LogP contribution in [0.2, 0.25) is 0 Å². The van der Waals surface area contributed by atoms with Crippen molar-refractivity contribution < 1.29 is 14.3 Å². The van der Waals surface area contributed by atoms with Crippen molar-refractivity contribution in [3.8, 4) is 5.75 Å². The second kappa shape index (κ2) is 9.01. The molecule has 148 valence electrons. The largest absolute Gasteiger partial charge is 0.491 e. The van der Waals surface area contributed by atoms with Crippen LogP contribution in [0.25, 0.3) is 0 Å². The molecule has 2 aromatic rings. The number of nitrogens with one attached hydrogen (secondary N) is 1.